The van der Waals surface area contributed by atoms with Crippen LogP contribution in [0.1, 0.15) is 25.3 Å². The monoisotopic (exact) mass is 366 g/mol. The van der Waals surface area contributed by atoms with Crippen LogP contribution in [0, 0.1) is 5.82 Å². The maximum atomic E-state index is 13.3. The molecule has 0 bridgehead atoms. The maximum absolute atomic E-state index is 13.3. The van der Waals surface area contributed by atoms with Gasteiger partial charge in [-0.15, -0.1) is 0 Å². The second kappa shape index (κ2) is 7.12. The summed E-state index contributed by atoms with van der Waals surface area (Å²) in [6.07, 6.45) is 1.63. The van der Waals surface area contributed by atoms with Gasteiger partial charge in [-0.2, -0.15) is 0 Å². The molecule has 0 aliphatic carbocycles. The molecular weight excluding hydrogens is 343 g/mol. The first-order valence-corrected chi connectivity index (χ1v) is 9.25. The van der Waals surface area contributed by atoms with Gasteiger partial charge in [-0.25, -0.2) is 4.39 Å². The van der Waals surface area contributed by atoms with E-state index in [4.69, 9.17) is 0 Å². The second-order valence-corrected chi connectivity index (χ2v) is 7.37. The zero-order chi connectivity index (χ0) is 19.0. The Balaban J connectivity index is 1.48. The molecule has 140 valence electrons. The predicted octanol–water partition coefficient (Wildman–Crippen LogP) is 3.45. The molecule has 6 heteroatoms. The van der Waals surface area contributed by atoms with Gasteiger partial charge in [0.15, 0.2) is 0 Å². The number of halogens is 1. The van der Waals surface area contributed by atoms with E-state index in [0.29, 0.717) is 17.8 Å². The van der Waals surface area contributed by atoms with Crippen LogP contribution in [0.4, 0.5) is 21.5 Å². The summed E-state index contributed by atoms with van der Waals surface area (Å²) in [5, 5.41) is 6.23. The lowest BCUT2D eigenvalue weighted by atomic mass is 10.0. The second-order valence-electron chi connectivity index (χ2n) is 7.37. The first-order valence-electron chi connectivity index (χ1n) is 9.25. The lowest BCUT2D eigenvalue weighted by molar-refractivity contribution is -0.115. The fourth-order valence-electron chi connectivity index (χ4n) is 3.86. The number of fused-ring (bicyclic) bond motifs is 1. The first kappa shape index (κ1) is 17.7. The van der Waals surface area contributed by atoms with Crippen molar-refractivity contribution in [3.8, 4) is 0 Å². The van der Waals surface area contributed by atoms with Crippen LogP contribution in [0.15, 0.2) is 47.5 Å². The van der Waals surface area contributed by atoms with E-state index in [2.05, 4.69) is 46.5 Å². The van der Waals surface area contributed by atoms with Crippen molar-refractivity contribution in [3.05, 3.63) is 53.8 Å². The lowest BCUT2D eigenvalue weighted by Crippen LogP contribution is -2.54. The van der Waals surface area contributed by atoms with Gasteiger partial charge in [0.25, 0.3) is 0 Å². The van der Waals surface area contributed by atoms with Crippen LogP contribution in [-0.2, 0) is 4.79 Å². The molecule has 4 rings (SSSR count). The van der Waals surface area contributed by atoms with Gasteiger partial charge in [-0.1, -0.05) is 6.07 Å². The van der Waals surface area contributed by atoms with Gasteiger partial charge in [0.1, 0.15) is 11.7 Å². The fourth-order valence-corrected chi connectivity index (χ4v) is 3.86. The van der Waals surface area contributed by atoms with E-state index in [-0.39, 0.29) is 11.7 Å². The van der Waals surface area contributed by atoms with E-state index < -0.39 is 5.92 Å². The maximum Gasteiger partial charge on any atom is 0.237 e. The molecule has 27 heavy (non-hydrogen) atoms. The zero-order valence-corrected chi connectivity index (χ0v) is 15.4. The molecular formula is C21H23FN4O. The number of aliphatic imine (C=N–C) groups is 1. The van der Waals surface area contributed by atoms with E-state index in [1.165, 1.54) is 17.8 Å². The van der Waals surface area contributed by atoms with Crippen molar-refractivity contribution in [3.63, 3.8) is 0 Å². The van der Waals surface area contributed by atoms with Crippen LogP contribution >= 0.6 is 0 Å². The number of hydrogen-bond donors (Lipinski definition) is 2. The number of carbonyl (C=O) groups is 1. The Morgan fingerprint density at radius 2 is 1.81 bits per heavy atom. The molecule has 1 saturated heterocycles. The molecule has 3 unspecified atom stereocenters. The number of benzene rings is 2. The highest BCUT2D eigenvalue weighted by Gasteiger charge is 2.29. The van der Waals surface area contributed by atoms with Crippen molar-refractivity contribution >= 4 is 29.2 Å². The van der Waals surface area contributed by atoms with Crippen molar-refractivity contribution in [1.82, 2.24) is 5.32 Å². The zero-order valence-electron chi connectivity index (χ0n) is 15.4. The van der Waals surface area contributed by atoms with Gasteiger partial charge < -0.3 is 15.5 Å². The normalized spacial score (nSPS) is 24.9. The Morgan fingerprint density at radius 1 is 1.11 bits per heavy atom. The number of nitrogens with zero attached hydrogens (tertiary/aromatic N) is 2. The summed E-state index contributed by atoms with van der Waals surface area (Å²) in [6.45, 7) is 6.33. The number of carbonyl (C=O) groups excluding carboxylic acids is 1. The summed E-state index contributed by atoms with van der Waals surface area (Å²) < 4.78 is 13.3. The third-order valence-electron chi connectivity index (χ3n) is 5.04. The predicted molar refractivity (Wildman–Crippen MR) is 107 cm³/mol. The molecule has 0 spiro atoms. The highest BCUT2D eigenvalue weighted by atomic mass is 19.1. The van der Waals surface area contributed by atoms with Crippen LogP contribution in [0.3, 0.4) is 0 Å². The van der Waals surface area contributed by atoms with E-state index in [9.17, 15) is 9.18 Å². The number of amides is 1. The molecule has 2 aliphatic heterocycles. The first-order chi connectivity index (χ1) is 13.0. The largest absolute Gasteiger partial charge is 0.368 e. The Kier molecular flexibility index (Phi) is 4.66. The standard InChI is InChI=1S/C21H23FN4O/c1-13-11-26(12-14(2)24-13)17-6-4-16(5-7-17)23-10-19-18-8-3-15(22)9-20(18)25-21(19)27/h3-10,13-14,19,24H,11-12H2,1-2H3,(H,25,27). The molecule has 2 N–H and O–H groups in total. The Bertz CT molecular complexity index is 870. The van der Waals surface area contributed by atoms with Crippen molar-refractivity contribution in [1.29, 1.82) is 0 Å². The molecule has 2 aliphatic rings. The molecule has 2 heterocycles. The van der Waals surface area contributed by atoms with Crippen LogP contribution < -0.4 is 15.5 Å². The van der Waals surface area contributed by atoms with Gasteiger partial charge in [0.05, 0.1) is 5.69 Å². The summed E-state index contributed by atoms with van der Waals surface area (Å²) >= 11 is 0. The van der Waals surface area contributed by atoms with Crippen LogP contribution in [0.2, 0.25) is 0 Å². The molecule has 0 radical (unpaired) electrons. The van der Waals surface area contributed by atoms with Crippen LogP contribution in [-0.4, -0.2) is 37.3 Å². The van der Waals surface area contributed by atoms with E-state index >= 15 is 0 Å². The molecule has 1 amide bonds. The van der Waals surface area contributed by atoms with Crippen LogP contribution in [0.25, 0.3) is 0 Å². The van der Waals surface area contributed by atoms with Crippen molar-refractivity contribution in [2.24, 2.45) is 4.99 Å². The Hall–Kier alpha value is -2.73. The smallest absolute Gasteiger partial charge is 0.237 e. The Morgan fingerprint density at radius 3 is 2.52 bits per heavy atom. The number of piperazine rings is 1. The molecule has 0 aromatic heterocycles. The van der Waals surface area contributed by atoms with Gasteiger partial charge in [0.2, 0.25) is 5.91 Å². The molecule has 5 nitrogen and oxygen atoms in total. The lowest BCUT2D eigenvalue weighted by Gasteiger charge is -2.37. The average Bonchev–Trinajstić information content (AvgIpc) is 2.93. The van der Waals surface area contributed by atoms with E-state index in [1.54, 1.807) is 12.3 Å². The summed E-state index contributed by atoms with van der Waals surface area (Å²) in [6, 6.07) is 13.3. The van der Waals surface area contributed by atoms with Crippen molar-refractivity contribution in [2.75, 3.05) is 23.3 Å². The topological polar surface area (TPSA) is 56.7 Å². The molecule has 2 aromatic rings. The number of hydrogen-bond acceptors (Lipinski definition) is 4. The van der Waals surface area contributed by atoms with E-state index in [1.807, 2.05) is 12.1 Å². The minimum atomic E-state index is -0.491. The highest BCUT2D eigenvalue weighted by Crippen LogP contribution is 2.32. The third kappa shape index (κ3) is 3.71. The molecule has 0 saturated carbocycles. The third-order valence-corrected chi connectivity index (χ3v) is 5.04. The Labute approximate surface area is 158 Å². The minimum Gasteiger partial charge on any atom is -0.368 e. The molecule has 3 atom stereocenters. The van der Waals surface area contributed by atoms with Gasteiger partial charge in [-0.05, 0) is 55.8 Å². The SMILES string of the molecule is CC1CN(c2ccc(N=CC3C(=O)Nc4cc(F)ccc43)cc2)CC(C)N1. The quantitative estimate of drug-likeness (QED) is 0.818. The fraction of sp³-hybridized carbons (Fsp3) is 0.333. The van der Waals surface area contributed by atoms with Gasteiger partial charge in [0, 0.05) is 42.8 Å². The number of anilines is 2. The summed E-state index contributed by atoms with van der Waals surface area (Å²) in [7, 11) is 0. The number of rotatable bonds is 3. The average molecular weight is 366 g/mol. The van der Waals surface area contributed by atoms with Gasteiger partial charge >= 0.3 is 0 Å². The van der Waals surface area contributed by atoms with Crippen molar-refractivity contribution < 1.29 is 9.18 Å². The van der Waals surface area contributed by atoms with Crippen molar-refractivity contribution in [2.45, 2.75) is 31.8 Å². The van der Waals surface area contributed by atoms with Crippen LogP contribution in [0.5, 0.6) is 0 Å². The van der Waals surface area contributed by atoms with Gasteiger partial charge in [-0.3, -0.25) is 9.79 Å². The highest BCUT2D eigenvalue weighted by molar-refractivity contribution is 6.12. The summed E-state index contributed by atoms with van der Waals surface area (Å²) in [5.74, 6) is -1.03. The molecule has 1 fully saturated rings. The number of nitrogens with one attached hydrogen (secondary N) is 2. The van der Waals surface area contributed by atoms with E-state index in [0.717, 1.165) is 24.3 Å². The minimum absolute atomic E-state index is 0.181. The summed E-state index contributed by atoms with van der Waals surface area (Å²) in [4.78, 5) is 19.0. The summed E-state index contributed by atoms with van der Waals surface area (Å²) in [5.41, 5.74) is 3.24. The molecule has 2 aromatic carbocycles.